The monoisotopic (exact) mass is 276 g/mol. The molecule has 0 aliphatic heterocycles. The van der Waals surface area contributed by atoms with Crippen molar-refractivity contribution in [1.29, 1.82) is 5.26 Å². The molecule has 20 heavy (non-hydrogen) atoms. The van der Waals surface area contributed by atoms with Crippen LogP contribution in [0, 0.1) is 18.3 Å². The molecular weight excluding hydrogens is 265 g/mol. The molecule has 0 atom stereocenters. The van der Waals surface area contributed by atoms with E-state index >= 15 is 0 Å². The molecule has 0 aliphatic carbocycles. The molecule has 2 rings (SSSR count). The Balaban J connectivity index is 2.46. The fourth-order valence-corrected chi connectivity index (χ4v) is 1.84. The Kier molecular flexibility index (Phi) is 3.66. The van der Waals surface area contributed by atoms with Crippen molar-refractivity contribution in [2.75, 3.05) is 5.32 Å². The van der Waals surface area contributed by atoms with Crippen LogP contribution in [0.25, 0.3) is 0 Å². The zero-order chi connectivity index (χ0) is 14.8. The van der Waals surface area contributed by atoms with Crippen LogP contribution in [0.3, 0.4) is 0 Å². The van der Waals surface area contributed by atoms with E-state index in [2.05, 4.69) is 5.32 Å². The van der Waals surface area contributed by atoms with E-state index in [1.54, 1.807) is 18.2 Å². The number of rotatable bonds is 2. The number of anilines is 2. The summed E-state index contributed by atoms with van der Waals surface area (Å²) in [6, 6.07) is 12.1. The second kappa shape index (κ2) is 5.25. The Labute approximate surface area is 114 Å². The van der Waals surface area contributed by atoms with Crippen molar-refractivity contribution in [3.63, 3.8) is 0 Å². The second-order valence-electron chi connectivity index (χ2n) is 4.33. The summed E-state index contributed by atoms with van der Waals surface area (Å²) in [6.07, 6.45) is -4.44. The van der Waals surface area contributed by atoms with Crippen LogP contribution in [-0.4, -0.2) is 0 Å². The van der Waals surface area contributed by atoms with Crippen molar-refractivity contribution < 1.29 is 13.2 Å². The molecule has 0 radical (unpaired) electrons. The summed E-state index contributed by atoms with van der Waals surface area (Å²) in [5.74, 6) is 0. The summed E-state index contributed by atoms with van der Waals surface area (Å²) >= 11 is 0. The summed E-state index contributed by atoms with van der Waals surface area (Å²) < 4.78 is 38.7. The van der Waals surface area contributed by atoms with Crippen molar-refractivity contribution >= 4 is 11.4 Å². The number of nitriles is 1. The standard InChI is InChI=1S/C15H11F3N2/c1-10-6-7-11(9-19)14(8-10)20-13-5-3-2-4-12(13)15(16,17)18/h2-8,20H,1H3. The normalized spacial score (nSPS) is 10.9. The van der Waals surface area contributed by atoms with Crippen molar-refractivity contribution in [1.82, 2.24) is 0 Å². The average molecular weight is 276 g/mol. The predicted octanol–water partition coefficient (Wildman–Crippen LogP) is 4.63. The Morgan fingerprint density at radius 2 is 1.75 bits per heavy atom. The molecule has 0 bridgehead atoms. The number of benzene rings is 2. The minimum absolute atomic E-state index is 0.0675. The Morgan fingerprint density at radius 1 is 1.05 bits per heavy atom. The van der Waals surface area contributed by atoms with E-state index < -0.39 is 11.7 Å². The van der Waals surface area contributed by atoms with Gasteiger partial charge in [0.1, 0.15) is 6.07 Å². The first-order valence-electron chi connectivity index (χ1n) is 5.86. The van der Waals surface area contributed by atoms with Crippen LogP contribution in [-0.2, 0) is 6.18 Å². The molecule has 2 aromatic carbocycles. The zero-order valence-electron chi connectivity index (χ0n) is 10.6. The summed E-state index contributed by atoms with van der Waals surface area (Å²) in [5.41, 5.74) is 0.695. The summed E-state index contributed by atoms with van der Waals surface area (Å²) in [4.78, 5) is 0. The number of nitrogens with one attached hydrogen (secondary N) is 1. The molecule has 5 heteroatoms. The van der Waals surface area contributed by atoms with Crippen LogP contribution < -0.4 is 5.32 Å². The molecule has 0 saturated carbocycles. The fraction of sp³-hybridized carbons (Fsp3) is 0.133. The Hall–Kier alpha value is -2.48. The van der Waals surface area contributed by atoms with Crippen LogP contribution >= 0.6 is 0 Å². The maximum Gasteiger partial charge on any atom is 0.418 e. The van der Waals surface area contributed by atoms with Gasteiger partial charge in [0.2, 0.25) is 0 Å². The molecular formula is C15H11F3N2. The Morgan fingerprint density at radius 3 is 2.40 bits per heavy atom. The van der Waals surface area contributed by atoms with E-state index in [1.165, 1.54) is 18.2 Å². The zero-order valence-corrected chi connectivity index (χ0v) is 10.6. The van der Waals surface area contributed by atoms with E-state index in [9.17, 15) is 13.2 Å². The van der Waals surface area contributed by atoms with Crippen molar-refractivity contribution in [3.8, 4) is 6.07 Å². The van der Waals surface area contributed by atoms with Gasteiger partial charge in [-0.1, -0.05) is 18.2 Å². The molecule has 1 N–H and O–H groups in total. The average Bonchev–Trinajstić information content (AvgIpc) is 2.38. The van der Waals surface area contributed by atoms with Crippen LogP contribution in [0.15, 0.2) is 42.5 Å². The SMILES string of the molecule is Cc1ccc(C#N)c(Nc2ccccc2C(F)(F)F)c1. The van der Waals surface area contributed by atoms with Gasteiger partial charge in [-0.25, -0.2) is 0 Å². The quantitative estimate of drug-likeness (QED) is 0.868. The first-order valence-corrected chi connectivity index (χ1v) is 5.86. The topological polar surface area (TPSA) is 35.8 Å². The van der Waals surface area contributed by atoms with Crippen molar-refractivity contribution in [2.45, 2.75) is 13.1 Å². The lowest BCUT2D eigenvalue weighted by Gasteiger charge is -2.15. The molecule has 2 nitrogen and oxygen atoms in total. The Bertz CT molecular complexity index is 670. The minimum atomic E-state index is -4.44. The number of para-hydroxylation sites is 1. The summed E-state index contributed by atoms with van der Waals surface area (Å²) in [5, 5.41) is 11.7. The van der Waals surface area contributed by atoms with E-state index in [4.69, 9.17) is 5.26 Å². The molecule has 0 heterocycles. The maximum absolute atomic E-state index is 12.9. The van der Waals surface area contributed by atoms with Gasteiger partial charge >= 0.3 is 6.18 Å². The van der Waals surface area contributed by atoms with Gasteiger partial charge in [0.15, 0.2) is 0 Å². The molecule has 0 aromatic heterocycles. The lowest BCUT2D eigenvalue weighted by molar-refractivity contribution is -0.136. The molecule has 0 amide bonds. The highest BCUT2D eigenvalue weighted by molar-refractivity contribution is 5.69. The van der Waals surface area contributed by atoms with Gasteiger partial charge in [0.05, 0.1) is 22.5 Å². The number of hydrogen-bond acceptors (Lipinski definition) is 2. The number of aryl methyl sites for hydroxylation is 1. The number of nitrogens with zero attached hydrogens (tertiary/aromatic N) is 1. The van der Waals surface area contributed by atoms with Crippen molar-refractivity contribution in [2.24, 2.45) is 0 Å². The highest BCUT2D eigenvalue weighted by Gasteiger charge is 2.33. The van der Waals surface area contributed by atoms with Gasteiger partial charge in [-0.2, -0.15) is 18.4 Å². The van der Waals surface area contributed by atoms with Crippen LogP contribution in [0.2, 0.25) is 0 Å². The van der Waals surface area contributed by atoms with Crippen LogP contribution in [0.5, 0.6) is 0 Å². The van der Waals surface area contributed by atoms with Crippen LogP contribution in [0.1, 0.15) is 16.7 Å². The molecule has 0 fully saturated rings. The smallest absolute Gasteiger partial charge is 0.354 e. The van der Waals surface area contributed by atoms with E-state index in [-0.39, 0.29) is 5.69 Å². The second-order valence-corrected chi connectivity index (χ2v) is 4.33. The fourth-order valence-electron chi connectivity index (χ4n) is 1.84. The molecule has 102 valence electrons. The third-order valence-corrected chi connectivity index (χ3v) is 2.80. The van der Waals surface area contributed by atoms with Gasteiger partial charge < -0.3 is 5.32 Å². The third-order valence-electron chi connectivity index (χ3n) is 2.80. The number of halogens is 3. The first-order chi connectivity index (χ1) is 9.41. The van der Waals surface area contributed by atoms with Gasteiger partial charge in [-0.15, -0.1) is 0 Å². The number of alkyl halides is 3. The highest BCUT2D eigenvalue weighted by atomic mass is 19.4. The summed E-state index contributed by atoms with van der Waals surface area (Å²) in [6.45, 7) is 1.81. The largest absolute Gasteiger partial charge is 0.418 e. The lowest BCUT2D eigenvalue weighted by atomic mass is 10.1. The third kappa shape index (κ3) is 2.91. The van der Waals surface area contributed by atoms with Gasteiger partial charge in [0.25, 0.3) is 0 Å². The van der Waals surface area contributed by atoms with Crippen LogP contribution in [0.4, 0.5) is 24.5 Å². The molecule has 0 spiro atoms. The van der Waals surface area contributed by atoms with Gasteiger partial charge in [-0.05, 0) is 36.8 Å². The predicted molar refractivity (Wildman–Crippen MR) is 70.6 cm³/mol. The molecule has 0 saturated heterocycles. The van der Waals surface area contributed by atoms with E-state index in [0.29, 0.717) is 11.3 Å². The van der Waals surface area contributed by atoms with E-state index in [1.807, 2.05) is 13.0 Å². The van der Waals surface area contributed by atoms with E-state index in [0.717, 1.165) is 11.6 Å². The van der Waals surface area contributed by atoms with Gasteiger partial charge in [0, 0.05) is 0 Å². The van der Waals surface area contributed by atoms with Gasteiger partial charge in [-0.3, -0.25) is 0 Å². The van der Waals surface area contributed by atoms with Crippen molar-refractivity contribution in [3.05, 3.63) is 59.2 Å². The molecule has 0 aliphatic rings. The lowest BCUT2D eigenvalue weighted by Crippen LogP contribution is -2.09. The number of hydrogen-bond donors (Lipinski definition) is 1. The summed E-state index contributed by atoms with van der Waals surface area (Å²) in [7, 11) is 0. The molecule has 2 aromatic rings. The maximum atomic E-state index is 12.9. The molecule has 0 unspecified atom stereocenters. The highest BCUT2D eigenvalue weighted by Crippen LogP contribution is 2.36. The minimum Gasteiger partial charge on any atom is -0.354 e. The first kappa shape index (κ1) is 13.9.